The Labute approximate surface area is 104 Å². The van der Waals surface area contributed by atoms with Crippen molar-refractivity contribution in [3.05, 3.63) is 17.3 Å². The normalized spacial score (nSPS) is 11.2. The monoisotopic (exact) mass is 255 g/mol. The molecule has 2 aromatic rings. The van der Waals surface area contributed by atoms with Crippen LogP contribution in [0.15, 0.2) is 11.6 Å². The van der Waals surface area contributed by atoms with Gasteiger partial charge in [-0.25, -0.2) is 4.98 Å². The first-order chi connectivity index (χ1) is 8.27. The Balaban J connectivity index is 2.18. The van der Waals surface area contributed by atoms with Crippen LogP contribution in [0.1, 0.15) is 12.6 Å². The summed E-state index contributed by atoms with van der Waals surface area (Å²) in [6.07, 6.45) is 1.93. The molecular formula is C11H17N3O2S. The number of imidazole rings is 1. The topological polar surface area (TPSA) is 50.0 Å². The summed E-state index contributed by atoms with van der Waals surface area (Å²) in [6.45, 7) is 4.13. The first-order valence-corrected chi connectivity index (χ1v) is 6.50. The number of aromatic nitrogens is 2. The molecule has 0 bridgehead atoms. The summed E-state index contributed by atoms with van der Waals surface area (Å²) in [4.78, 5) is 7.44. The Hall–Kier alpha value is -1.11. The van der Waals surface area contributed by atoms with Gasteiger partial charge in [0.15, 0.2) is 10.8 Å². The van der Waals surface area contributed by atoms with Crippen LogP contribution in [-0.4, -0.2) is 41.3 Å². The van der Waals surface area contributed by atoms with Gasteiger partial charge in [0.2, 0.25) is 0 Å². The van der Waals surface area contributed by atoms with Gasteiger partial charge in [0, 0.05) is 31.8 Å². The molecule has 0 saturated heterocycles. The molecule has 0 aliphatic rings. The summed E-state index contributed by atoms with van der Waals surface area (Å²) < 4.78 is 7.25. The van der Waals surface area contributed by atoms with Gasteiger partial charge in [-0.1, -0.05) is 0 Å². The van der Waals surface area contributed by atoms with Gasteiger partial charge in [0.1, 0.15) is 0 Å². The predicted molar refractivity (Wildman–Crippen MR) is 68.8 cm³/mol. The van der Waals surface area contributed by atoms with Gasteiger partial charge in [0.05, 0.1) is 18.9 Å². The van der Waals surface area contributed by atoms with Crippen LogP contribution in [0.25, 0.3) is 4.96 Å². The molecule has 1 N–H and O–H groups in total. The van der Waals surface area contributed by atoms with Gasteiger partial charge in [-0.15, -0.1) is 11.3 Å². The van der Waals surface area contributed by atoms with Crippen LogP contribution in [0.2, 0.25) is 0 Å². The minimum absolute atomic E-state index is 0.00773. The van der Waals surface area contributed by atoms with Crippen molar-refractivity contribution < 1.29 is 9.84 Å². The van der Waals surface area contributed by atoms with Gasteiger partial charge < -0.3 is 14.7 Å². The van der Waals surface area contributed by atoms with Crippen LogP contribution >= 0.6 is 11.3 Å². The smallest absolute Gasteiger partial charge is 0.195 e. The summed E-state index contributed by atoms with van der Waals surface area (Å²) in [6, 6.07) is 0. The second-order valence-electron chi connectivity index (χ2n) is 3.71. The standard InChI is InChI=1S/C11H17N3O2S/c1-3-16-6-4-13(2)10-9(8-15)14-5-7-17-11(14)12-10/h5,7,15H,3-4,6,8H2,1-2H3. The van der Waals surface area contributed by atoms with E-state index in [0.717, 1.165) is 29.6 Å². The lowest BCUT2D eigenvalue weighted by molar-refractivity contribution is 0.154. The first-order valence-electron chi connectivity index (χ1n) is 5.62. The number of hydrogen-bond donors (Lipinski definition) is 1. The zero-order chi connectivity index (χ0) is 12.3. The average Bonchev–Trinajstić information content (AvgIpc) is 2.88. The van der Waals surface area contributed by atoms with Gasteiger partial charge in [-0.2, -0.15) is 0 Å². The van der Waals surface area contributed by atoms with E-state index in [2.05, 4.69) is 4.98 Å². The van der Waals surface area contributed by atoms with E-state index in [1.807, 2.05) is 34.8 Å². The molecule has 94 valence electrons. The largest absolute Gasteiger partial charge is 0.390 e. The predicted octanol–water partition coefficient (Wildman–Crippen LogP) is 1.36. The van der Waals surface area contributed by atoms with E-state index < -0.39 is 0 Å². The molecule has 0 aliphatic carbocycles. The lowest BCUT2D eigenvalue weighted by atomic mass is 10.4. The Kier molecular flexibility index (Phi) is 3.98. The molecule has 17 heavy (non-hydrogen) atoms. The maximum Gasteiger partial charge on any atom is 0.195 e. The van der Waals surface area contributed by atoms with Crippen molar-refractivity contribution in [2.24, 2.45) is 0 Å². The first kappa shape index (κ1) is 12.3. The number of ether oxygens (including phenoxy) is 1. The zero-order valence-corrected chi connectivity index (χ0v) is 10.9. The van der Waals surface area contributed by atoms with Crippen LogP contribution in [-0.2, 0) is 11.3 Å². The van der Waals surface area contributed by atoms with Crippen molar-refractivity contribution in [1.82, 2.24) is 9.38 Å². The number of anilines is 1. The highest BCUT2D eigenvalue weighted by molar-refractivity contribution is 7.15. The molecule has 0 radical (unpaired) electrons. The third kappa shape index (κ3) is 2.43. The molecular weight excluding hydrogens is 238 g/mol. The molecule has 0 spiro atoms. The van der Waals surface area contributed by atoms with Crippen LogP contribution < -0.4 is 4.90 Å². The fraction of sp³-hybridized carbons (Fsp3) is 0.545. The average molecular weight is 255 g/mol. The van der Waals surface area contributed by atoms with Crippen LogP contribution in [0.5, 0.6) is 0 Å². The Bertz CT molecular complexity index is 480. The van der Waals surface area contributed by atoms with Crippen LogP contribution in [0.3, 0.4) is 0 Å². The summed E-state index contributed by atoms with van der Waals surface area (Å²) in [5.74, 6) is 0.832. The van der Waals surface area contributed by atoms with Gasteiger partial charge in [-0.05, 0) is 6.92 Å². The Morgan fingerprint density at radius 3 is 3.12 bits per heavy atom. The second kappa shape index (κ2) is 5.48. The van der Waals surface area contributed by atoms with E-state index >= 15 is 0 Å². The molecule has 5 nitrogen and oxygen atoms in total. The second-order valence-corrected chi connectivity index (χ2v) is 4.59. The minimum atomic E-state index is -0.00773. The molecule has 0 atom stereocenters. The third-order valence-electron chi connectivity index (χ3n) is 2.63. The molecule has 0 unspecified atom stereocenters. The molecule has 6 heteroatoms. The van der Waals surface area contributed by atoms with Gasteiger partial charge >= 0.3 is 0 Å². The number of thiazole rings is 1. The summed E-state index contributed by atoms with van der Waals surface area (Å²) >= 11 is 1.57. The molecule has 0 fully saturated rings. The maximum atomic E-state index is 9.43. The van der Waals surface area contributed by atoms with E-state index in [1.165, 1.54) is 0 Å². The summed E-state index contributed by atoms with van der Waals surface area (Å²) in [5, 5.41) is 11.4. The van der Waals surface area contributed by atoms with E-state index in [4.69, 9.17) is 4.74 Å². The minimum Gasteiger partial charge on any atom is -0.390 e. The number of rotatable bonds is 6. The third-order valence-corrected chi connectivity index (χ3v) is 3.38. The van der Waals surface area contributed by atoms with Crippen molar-refractivity contribution in [3.63, 3.8) is 0 Å². The van der Waals surface area contributed by atoms with Gasteiger partial charge in [-0.3, -0.25) is 4.40 Å². The lowest BCUT2D eigenvalue weighted by Gasteiger charge is -2.17. The number of nitrogens with zero attached hydrogens (tertiary/aromatic N) is 3. The SMILES string of the molecule is CCOCCN(C)c1nc2sccn2c1CO. The Morgan fingerprint density at radius 2 is 2.41 bits per heavy atom. The van der Waals surface area contributed by atoms with E-state index in [-0.39, 0.29) is 6.61 Å². The number of hydrogen-bond acceptors (Lipinski definition) is 5. The maximum absolute atomic E-state index is 9.43. The van der Waals surface area contributed by atoms with Crippen molar-refractivity contribution in [2.75, 3.05) is 31.7 Å². The molecule has 2 heterocycles. The fourth-order valence-corrected chi connectivity index (χ4v) is 2.45. The molecule has 2 aromatic heterocycles. The van der Waals surface area contributed by atoms with Gasteiger partial charge in [0.25, 0.3) is 0 Å². The number of likely N-dealkylation sites (N-methyl/N-ethyl adjacent to an activating group) is 1. The van der Waals surface area contributed by atoms with Crippen molar-refractivity contribution in [2.45, 2.75) is 13.5 Å². The van der Waals surface area contributed by atoms with E-state index in [0.29, 0.717) is 6.61 Å². The number of aliphatic hydroxyl groups is 1. The lowest BCUT2D eigenvalue weighted by Crippen LogP contribution is -2.24. The van der Waals surface area contributed by atoms with Crippen LogP contribution in [0, 0.1) is 0 Å². The summed E-state index contributed by atoms with van der Waals surface area (Å²) in [7, 11) is 1.96. The highest BCUT2D eigenvalue weighted by atomic mass is 32.1. The zero-order valence-electron chi connectivity index (χ0n) is 10.1. The molecule has 0 aromatic carbocycles. The molecule has 0 aliphatic heterocycles. The van der Waals surface area contributed by atoms with E-state index in [9.17, 15) is 5.11 Å². The van der Waals surface area contributed by atoms with Crippen molar-refractivity contribution in [3.8, 4) is 0 Å². The molecule has 2 rings (SSSR count). The highest BCUT2D eigenvalue weighted by Gasteiger charge is 2.15. The fourth-order valence-electron chi connectivity index (χ4n) is 1.73. The highest BCUT2D eigenvalue weighted by Crippen LogP contribution is 2.23. The molecule has 0 saturated carbocycles. The summed E-state index contributed by atoms with van der Waals surface area (Å²) in [5.41, 5.74) is 0.834. The molecule has 0 amide bonds. The Morgan fingerprint density at radius 1 is 1.59 bits per heavy atom. The van der Waals surface area contributed by atoms with Crippen molar-refractivity contribution in [1.29, 1.82) is 0 Å². The quantitative estimate of drug-likeness (QED) is 0.792. The number of fused-ring (bicyclic) bond motifs is 1. The van der Waals surface area contributed by atoms with E-state index in [1.54, 1.807) is 11.3 Å². The van der Waals surface area contributed by atoms with Crippen molar-refractivity contribution >= 4 is 22.1 Å². The number of aliphatic hydroxyl groups excluding tert-OH is 1. The van der Waals surface area contributed by atoms with Crippen LogP contribution in [0.4, 0.5) is 5.82 Å².